The van der Waals surface area contributed by atoms with Crippen molar-refractivity contribution in [3.8, 4) is 0 Å². The average Bonchev–Trinajstić information content (AvgIpc) is 2.34. The van der Waals surface area contributed by atoms with Gasteiger partial charge in [-0.3, -0.25) is 0 Å². The Morgan fingerprint density at radius 2 is 1.78 bits per heavy atom. The van der Waals surface area contributed by atoms with Gasteiger partial charge in [-0.25, -0.2) is 0 Å². The summed E-state index contributed by atoms with van der Waals surface area (Å²) < 4.78 is 0. The lowest BCUT2D eigenvalue weighted by atomic mass is 9.78. The van der Waals surface area contributed by atoms with Crippen LogP contribution >= 0.6 is 0 Å². The zero-order chi connectivity index (χ0) is 13.8. The van der Waals surface area contributed by atoms with E-state index in [1.165, 1.54) is 29.5 Å². The third kappa shape index (κ3) is 3.58. The van der Waals surface area contributed by atoms with E-state index in [4.69, 9.17) is 0 Å². The molecule has 1 aromatic carbocycles. The first kappa shape index (κ1) is 15.2. The number of benzene rings is 1. The van der Waals surface area contributed by atoms with E-state index >= 15 is 0 Å². The lowest BCUT2D eigenvalue weighted by Gasteiger charge is -2.35. The second kappa shape index (κ2) is 6.38. The Hall–Kier alpha value is -0.820. The summed E-state index contributed by atoms with van der Waals surface area (Å²) in [7, 11) is 0. The zero-order valence-electron chi connectivity index (χ0n) is 12.9. The number of hydrogen-bond donors (Lipinski definition) is 1. The molecule has 0 aliphatic heterocycles. The first-order chi connectivity index (χ1) is 8.42. The van der Waals surface area contributed by atoms with E-state index in [-0.39, 0.29) is 5.41 Å². The van der Waals surface area contributed by atoms with Gasteiger partial charge in [-0.05, 0) is 55.3 Å². The van der Waals surface area contributed by atoms with Gasteiger partial charge in [-0.15, -0.1) is 0 Å². The highest BCUT2D eigenvalue weighted by Gasteiger charge is 2.28. The molecule has 0 radical (unpaired) electrons. The predicted molar refractivity (Wildman–Crippen MR) is 81.0 cm³/mol. The zero-order valence-corrected chi connectivity index (χ0v) is 12.9. The Labute approximate surface area is 113 Å². The maximum Gasteiger partial charge on any atom is 0.0371 e. The molecule has 0 fully saturated rings. The molecule has 0 spiro atoms. The number of hydrogen-bond acceptors (Lipinski definition) is 1. The summed E-state index contributed by atoms with van der Waals surface area (Å²) in [4.78, 5) is 0. The molecule has 0 heterocycles. The molecular weight excluding hydrogens is 218 g/mol. The van der Waals surface area contributed by atoms with Crippen molar-refractivity contribution in [2.24, 2.45) is 5.41 Å². The normalized spacial score (nSPS) is 13.7. The fourth-order valence-corrected chi connectivity index (χ4v) is 2.28. The van der Waals surface area contributed by atoms with E-state index < -0.39 is 0 Å². The van der Waals surface area contributed by atoms with Gasteiger partial charge in [0.2, 0.25) is 0 Å². The minimum absolute atomic E-state index is 0.289. The Kier molecular flexibility index (Phi) is 5.40. The second-order valence-electron chi connectivity index (χ2n) is 6.07. The van der Waals surface area contributed by atoms with Gasteiger partial charge in [0.15, 0.2) is 0 Å². The number of aryl methyl sites for hydroxylation is 2. The summed E-state index contributed by atoms with van der Waals surface area (Å²) in [5.41, 5.74) is 4.49. The van der Waals surface area contributed by atoms with Crippen LogP contribution in [0.5, 0.6) is 0 Å². The third-order valence-corrected chi connectivity index (χ3v) is 4.16. The first-order valence-electron chi connectivity index (χ1n) is 7.23. The van der Waals surface area contributed by atoms with Crippen molar-refractivity contribution in [2.75, 3.05) is 6.54 Å². The maximum atomic E-state index is 3.72. The van der Waals surface area contributed by atoms with E-state index in [0.29, 0.717) is 6.04 Å². The van der Waals surface area contributed by atoms with E-state index in [9.17, 15) is 0 Å². The summed E-state index contributed by atoms with van der Waals surface area (Å²) in [6.45, 7) is 14.7. The highest BCUT2D eigenvalue weighted by atomic mass is 14.9. The van der Waals surface area contributed by atoms with Gasteiger partial charge >= 0.3 is 0 Å². The second-order valence-corrected chi connectivity index (χ2v) is 6.07. The molecule has 0 bridgehead atoms. The van der Waals surface area contributed by atoms with Crippen molar-refractivity contribution in [1.29, 1.82) is 0 Å². The molecule has 1 atom stereocenters. The molecule has 18 heavy (non-hydrogen) atoms. The van der Waals surface area contributed by atoms with E-state index in [2.05, 4.69) is 65.1 Å². The number of rotatable bonds is 6. The van der Waals surface area contributed by atoms with Crippen LogP contribution in [0.1, 0.15) is 63.3 Å². The molecule has 0 aliphatic rings. The summed E-state index contributed by atoms with van der Waals surface area (Å²) in [5.74, 6) is 0. The molecule has 1 nitrogen and oxygen atoms in total. The summed E-state index contributed by atoms with van der Waals surface area (Å²) in [5, 5.41) is 3.72. The minimum Gasteiger partial charge on any atom is -0.309 e. The summed E-state index contributed by atoms with van der Waals surface area (Å²) >= 11 is 0. The standard InChI is InChI=1S/C17H29N/c1-7-11-18-16(17(5,6)8-2)15-10-9-13(3)14(4)12-15/h9-10,12,16,18H,7-8,11H2,1-6H3. The summed E-state index contributed by atoms with van der Waals surface area (Å²) in [6, 6.07) is 7.33. The molecule has 1 unspecified atom stereocenters. The van der Waals surface area contributed by atoms with Crippen LogP contribution in [0.25, 0.3) is 0 Å². The van der Waals surface area contributed by atoms with Crippen molar-refractivity contribution < 1.29 is 0 Å². The van der Waals surface area contributed by atoms with Crippen LogP contribution < -0.4 is 5.32 Å². The van der Waals surface area contributed by atoms with Gasteiger partial charge in [0.25, 0.3) is 0 Å². The molecule has 102 valence electrons. The van der Waals surface area contributed by atoms with Gasteiger partial charge in [-0.2, -0.15) is 0 Å². The van der Waals surface area contributed by atoms with Crippen molar-refractivity contribution >= 4 is 0 Å². The van der Waals surface area contributed by atoms with E-state index in [1.54, 1.807) is 0 Å². The molecule has 0 aromatic heterocycles. The van der Waals surface area contributed by atoms with Crippen molar-refractivity contribution in [2.45, 2.75) is 60.4 Å². The van der Waals surface area contributed by atoms with E-state index in [0.717, 1.165) is 6.54 Å². The van der Waals surface area contributed by atoms with Crippen molar-refractivity contribution in [3.05, 3.63) is 34.9 Å². The SMILES string of the molecule is CCCNC(c1ccc(C)c(C)c1)C(C)(C)CC. The van der Waals surface area contributed by atoms with E-state index in [1.807, 2.05) is 0 Å². The lowest BCUT2D eigenvalue weighted by molar-refractivity contribution is 0.234. The van der Waals surface area contributed by atoms with Crippen molar-refractivity contribution in [1.82, 2.24) is 5.32 Å². The fraction of sp³-hybridized carbons (Fsp3) is 0.647. The van der Waals surface area contributed by atoms with Gasteiger partial charge in [-0.1, -0.05) is 45.9 Å². The largest absolute Gasteiger partial charge is 0.309 e. The van der Waals surface area contributed by atoms with Gasteiger partial charge in [0.1, 0.15) is 0 Å². The Balaban J connectivity index is 3.05. The Bertz CT molecular complexity index is 379. The molecule has 1 rings (SSSR count). The summed E-state index contributed by atoms with van der Waals surface area (Å²) in [6.07, 6.45) is 2.36. The van der Waals surface area contributed by atoms with Gasteiger partial charge in [0.05, 0.1) is 0 Å². The lowest BCUT2D eigenvalue weighted by Crippen LogP contribution is -2.34. The molecule has 0 saturated carbocycles. The first-order valence-corrected chi connectivity index (χ1v) is 7.23. The monoisotopic (exact) mass is 247 g/mol. The smallest absolute Gasteiger partial charge is 0.0371 e. The minimum atomic E-state index is 0.289. The Morgan fingerprint density at radius 3 is 2.28 bits per heavy atom. The van der Waals surface area contributed by atoms with Crippen LogP contribution in [0.15, 0.2) is 18.2 Å². The third-order valence-electron chi connectivity index (χ3n) is 4.16. The predicted octanol–water partition coefficient (Wildman–Crippen LogP) is 4.78. The van der Waals surface area contributed by atoms with Crippen LogP contribution in [0.3, 0.4) is 0 Å². The topological polar surface area (TPSA) is 12.0 Å². The molecule has 1 heteroatoms. The van der Waals surface area contributed by atoms with Crippen LogP contribution in [0.4, 0.5) is 0 Å². The molecule has 1 aromatic rings. The van der Waals surface area contributed by atoms with Gasteiger partial charge in [0, 0.05) is 6.04 Å². The highest BCUT2D eigenvalue weighted by molar-refractivity contribution is 5.32. The van der Waals surface area contributed by atoms with Crippen LogP contribution in [-0.4, -0.2) is 6.54 Å². The van der Waals surface area contributed by atoms with Crippen molar-refractivity contribution in [3.63, 3.8) is 0 Å². The maximum absolute atomic E-state index is 3.72. The molecule has 0 aliphatic carbocycles. The van der Waals surface area contributed by atoms with Crippen LogP contribution in [0.2, 0.25) is 0 Å². The average molecular weight is 247 g/mol. The Morgan fingerprint density at radius 1 is 1.11 bits per heavy atom. The molecule has 1 N–H and O–H groups in total. The van der Waals surface area contributed by atoms with Crippen LogP contribution in [0, 0.1) is 19.3 Å². The number of nitrogens with one attached hydrogen (secondary N) is 1. The van der Waals surface area contributed by atoms with Crippen LogP contribution in [-0.2, 0) is 0 Å². The quantitative estimate of drug-likeness (QED) is 0.763. The van der Waals surface area contributed by atoms with Gasteiger partial charge < -0.3 is 5.32 Å². The highest BCUT2D eigenvalue weighted by Crippen LogP contribution is 2.36. The fourth-order valence-electron chi connectivity index (χ4n) is 2.28. The molecule has 0 amide bonds. The molecular formula is C17H29N. The molecule has 0 saturated heterocycles.